The SMILES string of the molecule is CCc1cc(N)cc(CC)c1N(C(=N)N)C(=S)NC. The van der Waals surface area contributed by atoms with Crippen LogP contribution in [0.15, 0.2) is 12.1 Å². The summed E-state index contributed by atoms with van der Waals surface area (Å²) in [5.74, 6) is -0.103. The van der Waals surface area contributed by atoms with Crippen LogP contribution in [0, 0.1) is 5.41 Å². The number of benzene rings is 1. The molecule has 1 aromatic carbocycles. The molecule has 5 nitrogen and oxygen atoms in total. The summed E-state index contributed by atoms with van der Waals surface area (Å²) in [5, 5.41) is 11.0. The molecule has 0 radical (unpaired) electrons. The summed E-state index contributed by atoms with van der Waals surface area (Å²) in [5.41, 5.74) is 15.2. The van der Waals surface area contributed by atoms with Crippen LogP contribution in [0.2, 0.25) is 0 Å². The van der Waals surface area contributed by atoms with Crippen molar-refractivity contribution in [1.82, 2.24) is 5.32 Å². The van der Waals surface area contributed by atoms with Crippen molar-refractivity contribution in [3.8, 4) is 0 Å². The molecular formula is C13H21N5S. The van der Waals surface area contributed by atoms with Gasteiger partial charge >= 0.3 is 0 Å². The van der Waals surface area contributed by atoms with Crippen LogP contribution in [0.4, 0.5) is 11.4 Å². The Labute approximate surface area is 119 Å². The first kappa shape index (κ1) is 15.2. The molecular weight excluding hydrogens is 258 g/mol. The van der Waals surface area contributed by atoms with Gasteiger partial charge in [-0.3, -0.25) is 10.3 Å². The van der Waals surface area contributed by atoms with Gasteiger partial charge in [-0.25, -0.2) is 0 Å². The Balaban J connectivity index is 3.52. The van der Waals surface area contributed by atoms with E-state index >= 15 is 0 Å². The van der Waals surface area contributed by atoms with Crippen molar-refractivity contribution >= 4 is 34.7 Å². The molecule has 0 fully saturated rings. The zero-order valence-corrected chi connectivity index (χ0v) is 12.4. The number of nitrogens with two attached hydrogens (primary N) is 2. The lowest BCUT2D eigenvalue weighted by atomic mass is 10.0. The van der Waals surface area contributed by atoms with Crippen LogP contribution in [-0.4, -0.2) is 18.1 Å². The number of hydrogen-bond donors (Lipinski definition) is 4. The van der Waals surface area contributed by atoms with Gasteiger partial charge in [0.25, 0.3) is 0 Å². The molecule has 0 bridgehead atoms. The molecule has 6 heteroatoms. The molecule has 19 heavy (non-hydrogen) atoms. The summed E-state index contributed by atoms with van der Waals surface area (Å²) in [6.45, 7) is 4.08. The van der Waals surface area contributed by atoms with Crippen LogP contribution in [0.3, 0.4) is 0 Å². The van der Waals surface area contributed by atoms with E-state index in [1.165, 1.54) is 0 Å². The van der Waals surface area contributed by atoms with Crippen LogP contribution in [0.1, 0.15) is 25.0 Å². The van der Waals surface area contributed by atoms with Gasteiger partial charge in [0.05, 0.1) is 5.69 Å². The number of anilines is 2. The standard InChI is InChI=1S/C13H21N5S/c1-4-8-6-10(14)7-9(5-2)11(8)18(12(15)16)13(19)17-3/h6-7H,4-5,14H2,1-3H3,(H3,15,16)(H,17,19). The summed E-state index contributed by atoms with van der Waals surface area (Å²) in [7, 11) is 1.72. The Bertz CT molecular complexity index is 473. The minimum atomic E-state index is -0.103. The van der Waals surface area contributed by atoms with Crippen molar-refractivity contribution in [2.24, 2.45) is 5.73 Å². The van der Waals surface area contributed by atoms with Gasteiger partial charge in [0.15, 0.2) is 11.1 Å². The molecule has 0 unspecified atom stereocenters. The normalized spacial score (nSPS) is 10.1. The Hall–Kier alpha value is -1.82. The first-order valence-electron chi connectivity index (χ1n) is 6.23. The average molecular weight is 279 g/mol. The summed E-state index contributed by atoms with van der Waals surface area (Å²) in [4.78, 5) is 1.55. The number of thiocarbonyl (C=S) groups is 1. The molecule has 0 saturated heterocycles. The molecule has 0 aromatic heterocycles. The second-order valence-corrected chi connectivity index (χ2v) is 4.56. The van der Waals surface area contributed by atoms with E-state index in [9.17, 15) is 0 Å². The van der Waals surface area contributed by atoms with Crippen LogP contribution in [0.5, 0.6) is 0 Å². The molecule has 0 aliphatic rings. The van der Waals surface area contributed by atoms with E-state index in [1.807, 2.05) is 26.0 Å². The molecule has 0 aliphatic heterocycles. The number of nitrogens with one attached hydrogen (secondary N) is 2. The maximum atomic E-state index is 7.76. The van der Waals surface area contributed by atoms with Crippen LogP contribution >= 0.6 is 12.2 Å². The van der Waals surface area contributed by atoms with Gasteiger partial charge in [0, 0.05) is 12.7 Å². The van der Waals surface area contributed by atoms with Gasteiger partial charge in [-0.2, -0.15) is 0 Å². The number of nitrogens with zero attached hydrogens (tertiary/aromatic N) is 1. The first-order valence-corrected chi connectivity index (χ1v) is 6.64. The van der Waals surface area contributed by atoms with Crippen molar-refractivity contribution in [2.75, 3.05) is 17.7 Å². The van der Waals surface area contributed by atoms with Gasteiger partial charge in [0.1, 0.15) is 0 Å². The van der Waals surface area contributed by atoms with Crippen molar-refractivity contribution in [3.63, 3.8) is 0 Å². The van der Waals surface area contributed by atoms with Crippen molar-refractivity contribution in [3.05, 3.63) is 23.3 Å². The second-order valence-electron chi connectivity index (χ2n) is 4.17. The molecule has 0 spiro atoms. The first-order chi connectivity index (χ1) is 8.96. The van der Waals surface area contributed by atoms with Gasteiger partial charge in [-0.1, -0.05) is 13.8 Å². The lowest BCUT2D eigenvalue weighted by Gasteiger charge is -2.28. The fourth-order valence-electron chi connectivity index (χ4n) is 2.06. The lowest BCUT2D eigenvalue weighted by molar-refractivity contribution is 1.06. The molecule has 0 saturated carbocycles. The van der Waals surface area contributed by atoms with Crippen LogP contribution < -0.4 is 21.7 Å². The minimum absolute atomic E-state index is 0.103. The zero-order chi connectivity index (χ0) is 14.6. The Morgan fingerprint density at radius 1 is 1.32 bits per heavy atom. The average Bonchev–Trinajstić information content (AvgIpc) is 2.39. The second kappa shape index (κ2) is 6.38. The number of nitrogen functional groups attached to an aromatic ring is 1. The molecule has 0 amide bonds. The minimum Gasteiger partial charge on any atom is -0.399 e. The molecule has 1 rings (SSSR count). The van der Waals surface area contributed by atoms with E-state index < -0.39 is 0 Å². The third-order valence-electron chi connectivity index (χ3n) is 2.93. The van der Waals surface area contributed by atoms with Gasteiger partial charge in [-0.05, 0) is 48.3 Å². The van der Waals surface area contributed by atoms with Crippen LogP contribution in [-0.2, 0) is 12.8 Å². The van der Waals surface area contributed by atoms with E-state index in [4.69, 9.17) is 29.1 Å². The quantitative estimate of drug-likeness (QED) is 0.292. The van der Waals surface area contributed by atoms with Gasteiger partial charge in [0.2, 0.25) is 0 Å². The largest absolute Gasteiger partial charge is 0.399 e. The highest BCUT2D eigenvalue weighted by molar-refractivity contribution is 7.80. The van der Waals surface area contributed by atoms with E-state index in [1.54, 1.807) is 11.9 Å². The third kappa shape index (κ3) is 3.14. The fourth-order valence-corrected chi connectivity index (χ4v) is 2.25. The monoisotopic (exact) mass is 279 g/mol. The highest BCUT2D eigenvalue weighted by Crippen LogP contribution is 2.29. The van der Waals surface area contributed by atoms with Crippen LogP contribution in [0.25, 0.3) is 0 Å². The summed E-state index contributed by atoms with van der Waals surface area (Å²) in [6.07, 6.45) is 1.59. The summed E-state index contributed by atoms with van der Waals surface area (Å²) < 4.78 is 0. The maximum Gasteiger partial charge on any atom is 0.199 e. The van der Waals surface area contributed by atoms with Crippen molar-refractivity contribution in [1.29, 1.82) is 5.41 Å². The molecule has 6 N–H and O–H groups in total. The predicted molar refractivity (Wildman–Crippen MR) is 85.7 cm³/mol. The highest BCUT2D eigenvalue weighted by Gasteiger charge is 2.20. The third-order valence-corrected chi connectivity index (χ3v) is 3.32. The summed E-state index contributed by atoms with van der Waals surface area (Å²) in [6, 6.07) is 3.81. The van der Waals surface area contributed by atoms with E-state index in [-0.39, 0.29) is 5.96 Å². The molecule has 104 valence electrons. The van der Waals surface area contributed by atoms with E-state index in [2.05, 4.69) is 5.32 Å². The molecule has 1 aromatic rings. The number of aryl methyl sites for hydroxylation is 2. The lowest BCUT2D eigenvalue weighted by Crippen LogP contribution is -2.46. The van der Waals surface area contributed by atoms with Gasteiger partial charge < -0.3 is 16.8 Å². The maximum absolute atomic E-state index is 7.76. The van der Waals surface area contributed by atoms with Gasteiger partial charge in [-0.15, -0.1) is 0 Å². The van der Waals surface area contributed by atoms with Crippen molar-refractivity contribution < 1.29 is 0 Å². The smallest absolute Gasteiger partial charge is 0.199 e. The predicted octanol–water partition coefficient (Wildman–Crippen LogP) is 1.60. The molecule has 0 atom stereocenters. The molecule has 0 aliphatic carbocycles. The highest BCUT2D eigenvalue weighted by atomic mass is 32.1. The number of hydrogen-bond acceptors (Lipinski definition) is 3. The Morgan fingerprint density at radius 2 is 1.79 bits per heavy atom. The fraction of sp³-hybridized carbons (Fsp3) is 0.385. The number of guanidine groups is 1. The van der Waals surface area contributed by atoms with E-state index in [0.717, 1.165) is 35.3 Å². The topological polar surface area (TPSA) is 91.2 Å². The molecule has 0 heterocycles. The Morgan fingerprint density at radius 3 is 2.11 bits per heavy atom. The summed E-state index contributed by atoms with van der Waals surface area (Å²) >= 11 is 5.25. The number of rotatable bonds is 3. The Kier molecular flexibility index (Phi) is 5.11. The zero-order valence-electron chi connectivity index (χ0n) is 11.6. The van der Waals surface area contributed by atoms with Crippen molar-refractivity contribution in [2.45, 2.75) is 26.7 Å². The van der Waals surface area contributed by atoms with E-state index in [0.29, 0.717) is 5.11 Å².